The van der Waals surface area contributed by atoms with E-state index in [0.717, 1.165) is 38.3 Å². The van der Waals surface area contributed by atoms with Gasteiger partial charge in [-0.2, -0.15) is 0 Å². The Labute approximate surface area is 117 Å². The maximum absolute atomic E-state index is 12.0. The highest BCUT2D eigenvalue weighted by atomic mass is 16.5. The average molecular weight is 270 g/mol. The molecule has 3 atom stereocenters. The predicted molar refractivity (Wildman–Crippen MR) is 78.1 cm³/mol. The summed E-state index contributed by atoms with van der Waals surface area (Å²) in [6.45, 7) is 8.77. The Bertz CT molecular complexity index is 259. The van der Waals surface area contributed by atoms with E-state index in [1.807, 2.05) is 6.92 Å². The van der Waals surface area contributed by atoms with Crippen molar-refractivity contribution in [3.05, 3.63) is 0 Å². The van der Waals surface area contributed by atoms with Gasteiger partial charge in [0.2, 0.25) is 5.91 Å². The molecule has 0 spiro atoms. The molecule has 0 aromatic heterocycles. The Kier molecular flexibility index (Phi) is 8.07. The third kappa shape index (κ3) is 6.39. The molecule has 19 heavy (non-hydrogen) atoms. The molecule has 0 aromatic carbocycles. The van der Waals surface area contributed by atoms with Crippen molar-refractivity contribution < 1.29 is 9.53 Å². The Morgan fingerprint density at radius 3 is 2.74 bits per heavy atom. The first-order valence-electron chi connectivity index (χ1n) is 7.81. The van der Waals surface area contributed by atoms with Gasteiger partial charge in [-0.1, -0.05) is 33.6 Å². The van der Waals surface area contributed by atoms with E-state index in [9.17, 15) is 4.79 Å². The van der Waals surface area contributed by atoms with Crippen LogP contribution in [-0.4, -0.2) is 37.7 Å². The fourth-order valence-corrected chi connectivity index (χ4v) is 2.64. The summed E-state index contributed by atoms with van der Waals surface area (Å²) in [5.74, 6) is 0.770. The monoisotopic (exact) mass is 270 g/mol. The van der Waals surface area contributed by atoms with Crippen molar-refractivity contribution in [3.63, 3.8) is 0 Å². The quantitative estimate of drug-likeness (QED) is 0.664. The predicted octanol–water partition coefficient (Wildman–Crippen LogP) is 2.09. The number of nitrogens with one attached hydrogen (secondary N) is 2. The van der Waals surface area contributed by atoms with E-state index in [0.29, 0.717) is 6.54 Å². The number of likely N-dealkylation sites (N-methyl/N-ethyl adjacent to an activating group) is 1. The van der Waals surface area contributed by atoms with Crippen LogP contribution in [0.2, 0.25) is 0 Å². The van der Waals surface area contributed by atoms with Crippen LogP contribution in [0.15, 0.2) is 0 Å². The SMILES string of the molecule is CCNCCNC(=O)C(CC)OC1CCCC(C)C1. The Morgan fingerprint density at radius 2 is 2.11 bits per heavy atom. The fourth-order valence-electron chi connectivity index (χ4n) is 2.64. The Hall–Kier alpha value is -0.610. The summed E-state index contributed by atoms with van der Waals surface area (Å²) >= 11 is 0. The molecule has 4 heteroatoms. The molecular formula is C15H30N2O2. The molecule has 1 fully saturated rings. The van der Waals surface area contributed by atoms with Gasteiger partial charge in [0, 0.05) is 13.1 Å². The van der Waals surface area contributed by atoms with Gasteiger partial charge < -0.3 is 15.4 Å². The van der Waals surface area contributed by atoms with Crippen LogP contribution in [0.25, 0.3) is 0 Å². The normalized spacial score (nSPS) is 25.0. The standard InChI is InChI=1S/C15H30N2O2/c1-4-14(15(18)17-10-9-16-5-2)19-13-8-6-7-12(3)11-13/h12-14,16H,4-11H2,1-3H3,(H,17,18). The van der Waals surface area contributed by atoms with E-state index in [1.165, 1.54) is 12.8 Å². The number of rotatable bonds is 8. The molecule has 3 unspecified atom stereocenters. The van der Waals surface area contributed by atoms with Gasteiger partial charge in [0.05, 0.1) is 6.10 Å². The number of carbonyl (C=O) groups excluding carboxylic acids is 1. The molecular weight excluding hydrogens is 240 g/mol. The maximum atomic E-state index is 12.0. The summed E-state index contributed by atoms with van der Waals surface area (Å²) in [5.41, 5.74) is 0. The molecule has 2 N–H and O–H groups in total. The zero-order chi connectivity index (χ0) is 14.1. The third-order valence-electron chi connectivity index (χ3n) is 3.76. The summed E-state index contributed by atoms with van der Waals surface area (Å²) in [6.07, 6.45) is 5.46. The molecule has 1 amide bonds. The van der Waals surface area contributed by atoms with Crippen LogP contribution < -0.4 is 10.6 Å². The van der Waals surface area contributed by atoms with E-state index in [1.54, 1.807) is 0 Å². The second kappa shape index (κ2) is 9.32. The molecule has 1 saturated carbocycles. The summed E-state index contributed by atoms with van der Waals surface area (Å²) in [6, 6.07) is 0. The van der Waals surface area contributed by atoms with Gasteiger partial charge in [0.15, 0.2) is 0 Å². The lowest BCUT2D eigenvalue weighted by atomic mass is 9.88. The highest BCUT2D eigenvalue weighted by molar-refractivity contribution is 5.80. The molecule has 0 heterocycles. The topological polar surface area (TPSA) is 50.4 Å². The molecule has 1 aliphatic rings. The zero-order valence-electron chi connectivity index (χ0n) is 12.7. The second-order valence-electron chi connectivity index (χ2n) is 5.57. The smallest absolute Gasteiger partial charge is 0.249 e. The van der Waals surface area contributed by atoms with E-state index in [-0.39, 0.29) is 18.1 Å². The van der Waals surface area contributed by atoms with Crippen LogP contribution >= 0.6 is 0 Å². The molecule has 4 nitrogen and oxygen atoms in total. The van der Waals surface area contributed by atoms with Gasteiger partial charge in [0.25, 0.3) is 0 Å². The third-order valence-corrected chi connectivity index (χ3v) is 3.76. The van der Waals surface area contributed by atoms with E-state index in [2.05, 4.69) is 24.5 Å². The zero-order valence-corrected chi connectivity index (χ0v) is 12.7. The number of amides is 1. The van der Waals surface area contributed by atoms with Gasteiger partial charge in [-0.25, -0.2) is 0 Å². The van der Waals surface area contributed by atoms with Crippen LogP contribution in [-0.2, 0) is 9.53 Å². The molecule has 0 radical (unpaired) electrons. The minimum atomic E-state index is -0.281. The Morgan fingerprint density at radius 1 is 1.32 bits per heavy atom. The van der Waals surface area contributed by atoms with Crippen LogP contribution in [0.3, 0.4) is 0 Å². The number of hydrogen-bond acceptors (Lipinski definition) is 3. The van der Waals surface area contributed by atoms with Gasteiger partial charge in [-0.15, -0.1) is 0 Å². The van der Waals surface area contributed by atoms with Crippen molar-refractivity contribution in [1.82, 2.24) is 10.6 Å². The molecule has 1 rings (SSSR count). The fraction of sp³-hybridized carbons (Fsp3) is 0.933. The van der Waals surface area contributed by atoms with Crippen LogP contribution in [0.1, 0.15) is 52.9 Å². The van der Waals surface area contributed by atoms with Gasteiger partial charge in [0.1, 0.15) is 6.10 Å². The van der Waals surface area contributed by atoms with Crippen molar-refractivity contribution in [2.75, 3.05) is 19.6 Å². The van der Waals surface area contributed by atoms with Crippen molar-refractivity contribution >= 4 is 5.91 Å². The van der Waals surface area contributed by atoms with E-state index in [4.69, 9.17) is 4.74 Å². The first-order chi connectivity index (χ1) is 9.17. The maximum Gasteiger partial charge on any atom is 0.249 e. The molecule has 1 aliphatic carbocycles. The lowest BCUT2D eigenvalue weighted by Crippen LogP contribution is -2.41. The summed E-state index contributed by atoms with van der Waals surface area (Å²) in [4.78, 5) is 12.0. The minimum absolute atomic E-state index is 0.0404. The number of ether oxygens (including phenoxy) is 1. The summed E-state index contributed by atoms with van der Waals surface area (Å²) in [7, 11) is 0. The first kappa shape index (κ1) is 16.4. The Balaban J connectivity index is 2.28. The van der Waals surface area contributed by atoms with Crippen molar-refractivity contribution in [1.29, 1.82) is 0 Å². The summed E-state index contributed by atoms with van der Waals surface area (Å²) in [5, 5.41) is 6.14. The van der Waals surface area contributed by atoms with Crippen molar-refractivity contribution in [3.8, 4) is 0 Å². The average Bonchev–Trinajstić information content (AvgIpc) is 2.41. The molecule has 0 aromatic rings. The van der Waals surface area contributed by atoms with Crippen LogP contribution in [0, 0.1) is 5.92 Å². The van der Waals surface area contributed by atoms with Gasteiger partial charge in [-0.05, 0) is 31.7 Å². The highest BCUT2D eigenvalue weighted by Crippen LogP contribution is 2.26. The lowest BCUT2D eigenvalue weighted by Gasteiger charge is -2.29. The number of hydrogen-bond donors (Lipinski definition) is 2. The van der Waals surface area contributed by atoms with Gasteiger partial charge >= 0.3 is 0 Å². The van der Waals surface area contributed by atoms with Gasteiger partial charge in [-0.3, -0.25) is 4.79 Å². The summed E-state index contributed by atoms with van der Waals surface area (Å²) < 4.78 is 6.00. The minimum Gasteiger partial charge on any atom is -0.365 e. The second-order valence-corrected chi connectivity index (χ2v) is 5.57. The van der Waals surface area contributed by atoms with Crippen molar-refractivity contribution in [2.45, 2.75) is 65.1 Å². The lowest BCUT2D eigenvalue weighted by molar-refractivity contribution is -0.138. The van der Waals surface area contributed by atoms with Crippen molar-refractivity contribution in [2.24, 2.45) is 5.92 Å². The van der Waals surface area contributed by atoms with Crippen LogP contribution in [0.4, 0.5) is 0 Å². The number of carbonyl (C=O) groups is 1. The molecule has 0 aliphatic heterocycles. The molecule has 0 saturated heterocycles. The highest BCUT2D eigenvalue weighted by Gasteiger charge is 2.25. The van der Waals surface area contributed by atoms with Crippen LogP contribution in [0.5, 0.6) is 0 Å². The first-order valence-corrected chi connectivity index (χ1v) is 7.81. The van der Waals surface area contributed by atoms with E-state index >= 15 is 0 Å². The van der Waals surface area contributed by atoms with E-state index < -0.39 is 0 Å². The largest absolute Gasteiger partial charge is 0.365 e. The molecule has 0 bridgehead atoms. The molecule has 112 valence electrons.